The van der Waals surface area contributed by atoms with Crippen LogP contribution in [0.2, 0.25) is 0 Å². The Morgan fingerprint density at radius 3 is 2.35 bits per heavy atom. The van der Waals surface area contributed by atoms with E-state index in [0.29, 0.717) is 0 Å². The summed E-state index contributed by atoms with van der Waals surface area (Å²) < 4.78 is 0. The van der Waals surface area contributed by atoms with Crippen molar-refractivity contribution >= 4 is 0 Å². The lowest BCUT2D eigenvalue weighted by Crippen LogP contribution is -2.53. The van der Waals surface area contributed by atoms with Crippen LogP contribution in [0.4, 0.5) is 0 Å². The largest absolute Gasteiger partial charge is 0.378 e. The van der Waals surface area contributed by atoms with E-state index in [9.17, 15) is 5.11 Å². The first-order valence-corrected chi connectivity index (χ1v) is 6.28. The van der Waals surface area contributed by atoms with E-state index in [1.807, 2.05) is 13.1 Å². The van der Waals surface area contributed by atoms with Gasteiger partial charge in [-0.2, -0.15) is 0 Å². The van der Waals surface area contributed by atoms with Crippen LogP contribution in [0, 0.1) is 0 Å². The molecule has 0 radical (unpaired) electrons. The molecule has 1 saturated heterocycles. The van der Waals surface area contributed by atoms with Crippen molar-refractivity contribution in [1.82, 2.24) is 10.2 Å². The predicted molar refractivity (Wildman–Crippen MR) is 69.9 cm³/mol. The molecule has 3 heteroatoms. The summed E-state index contributed by atoms with van der Waals surface area (Å²) in [6, 6.07) is 10.4. The van der Waals surface area contributed by atoms with Gasteiger partial charge in [0.05, 0.1) is 0 Å². The Hall–Kier alpha value is -0.900. The van der Waals surface area contributed by atoms with Gasteiger partial charge >= 0.3 is 0 Å². The summed E-state index contributed by atoms with van der Waals surface area (Å²) in [5.41, 5.74) is 1.11. The van der Waals surface area contributed by atoms with Crippen LogP contribution in [0.15, 0.2) is 30.3 Å². The van der Waals surface area contributed by atoms with E-state index in [4.69, 9.17) is 0 Å². The minimum Gasteiger partial charge on any atom is -0.378 e. The summed E-state index contributed by atoms with van der Waals surface area (Å²) in [6.07, 6.45) is 1.52. The van der Waals surface area contributed by atoms with Crippen molar-refractivity contribution in [2.45, 2.75) is 24.5 Å². The zero-order valence-corrected chi connectivity index (χ0v) is 10.7. The smallest absolute Gasteiger partial charge is 0.114 e. The van der Waals surface area contributed by atoms with Crippen molar-refractivity contribution in [3.05, 3.63) is 35.9 Å². The van der Waals surface area contributed by atoms with Gasteiger partial charge in [0.2, 0.25) is 0 Å². The Balaban J connectivity index is 2.31. The highest BCUT2D eigenvalue weighted by molar-refractivity contribution is 5.27. The van der Waals surface area contributed by atoms with E-state index in [2.05, 4.69) is 41.5 Å². The first kappa shape index (κ1) is 12.6. The van der Waals surface area contributed by atoms with E-state index in [1.54, 1.807) is 0 Å². The molecule has 3 nitrogen and oxygen atoms in total. The molecule has 0 saturated carbocycles. The van der Waals surface area contributed by atoms with E-state index >= 15 is 0 Å². The number of nitrogens with one attached hydrogen (secondary N) is 1. The molecule has 17 heavy (non-hydrogen) atoms. The quantitative estimate of drug-likeness (QED) is 0.771. The Kier molecular flexibility index (Phi) is 3.82. The van der Waals surface area contributed by atoms with E-state index < -0.39 is 6.23 Å². The van der Waals surface area contributed by atoms with Gasteiger partial charge in [-0.05, 0) is 45.6 Å². The Morgan fingerprint density at radius 2 is 1.82 bits per heavy atom. The minimum atomic E-state index is -0.474. The molecule has 0 amide bonds. The summed E-state index contributed by atoms with van der Waals surface area (Å²) in [6.45, 7) is 2.07. The van der Waals surface area contributed by atoms with Gasteiger partial charge in [-0.1, -0.05) is 30.3 Å². The number of benzene rings is 1. The number of rotatable bonds is 3. The summed E-state index contributed by atoms with van der Waals surface area (Å²) in [4.78, 5) is 2.32. The van der Waals surface area contributed by atoms with Gasteiger partial charge in [0.1, 0.15) is 6.23 Å². The lowest BCUT2D eigenvalue weighted by Gasteiger charge is -2.44. The average molecular weight is 234 g/mol. The van der Waals surface area contributed by atoms with Crippen molar-refractivity contribution in [3.8, 4) is 0 Å². The van der Waals surface area contributed by atoms with Gasteiger partial charge in [0, 0.05) is 5.41 Å². The number of aliphatic hydroxyl groups excluding tert-OH is 1. The van der Waals surface area contributed by atoms with Gasteiger partial charge in [0.15, 0.2) is 0 Å². The minimum absolute atomic E-state index is 0.136. The average Bonchev–Trinajstić information content (AvgIpc) is 2.40. The third-order valence-corrected chi connectivity index (χ3v) is 4.02. The summed E-state index contributed by atoms with van der Waals surface area (Å²) in [5.74, 6) is 0. The highest BCUT2D eigenvalue weighted by Crippen LogP contribution is 2.37. The van der Waals surface area contributed by atoms with Crippen LogP contribution in [0.25, 0.3) is 0 Å². The fourth-order valence-electron chi connectivity index (χ4n) is 2.78. The van der Waals surface area contributed by atoms with Crippen LogP contribution in [0.5, 0.6) is 0 Å². The van der Waals surface area contributed by atoms with Crippen molar-refractivity contribution in [3.63, 3.8) is 0 Å². The fourth-order valence-corrected chi connectivity index (χ4v) is 2.78. The Morgan fingerprint density at radius 1 is 1.24 bits per heavy atom. The molecule has 1 aromatic rings. The predicted octanol–water partition coefficient (Wildman–Crippen LogP) is 1.19. The second-order valence-electron chi connectivity index (χ2n) is 5.02. The maximum Gasteiger partial charge on any atom is 0.114 e. The number of aliphatic hydroxyl groups is 1. The molecule has 1 unspecified atom stereocenters. The number of hydrogen-bond donors (Lipinski definition) is 2. The Bertz CT molecular complexity index is 344. The standard InChI is InChI=1S/C14H22N2O/c1-15-13(17)14(8-10-16(2)11-9-14)12-6-4-3-5-7-12/h3-7,13,15,17H,8-11H2,1-2H3. The van der Waals surface area contributed by atoms with Crippen molar-refractivity contribution in [1.29, 1.82) is 0 Å². The SMILES string of the molecule is CNC(O)C1(c2ccccc2)CCN(C)CC1. The lowest BCUT2D eigenvalue weighted by atomic mass is 9.71. The van der Waals surface area contributed by atoms with Crippen LogP contribution in [0.3, 0.4) is 0 Å². The van der Waals surface area contributed by atoms with Gasteiger partial charge in [-0.25, -0.2) is 0 Å². The monoisotopic (exact) mass is 234 g/mol. The van der Waals surface area contributed by atoms with Crippen molar-refractivity contribution < 1.29 is 5.11 Å². The highest BCUT2D eigenvalue weighted by atomic mass is 16.3. The molecule has 0 spiro atoms. The highest BCUT2D eigenvalue weighted by Gasteiger charge is 2.41. The lowest BCUT2D eigenvalue weighted by molar-refractivity contribution is 0.0180. The van der Waals surface area contributed by atoms with Crippen LogP contribution >= 0.6 is 0 Å². The first-order valence-electron chi connectivity index (χ1n) is 6.28. The molecule has 1 heterocycles. The molecule has 2 N–H and O–H groups in total. The molecule has 2 rings (SSSR count). The van der Waals surface area contributed by atoms with E-state index in [-0.39, 0.29) is 5.41 Å². The maximum absolute atomic E-state index is 10.3. The number of likely N-dealkylation sites (tertiary alicyclic amines) is 1. The Labute approximate surface area is 103 Å². The molecule has 1 atom stereocenters. The van der Waals surface area contributed by atoms with Crippen LogP contribution in [-0.2, 0) is 5.41 Å². The second kappa shape index (κ2) is 5.17. The van der Waals surface area contributed by atoms with Gasteiger partial charge in [-0.3, -0.25) is 5.32 Å². The maximum atomic E-state index is 10.3. The third-order valence-electron chi connectivity index (χ3n) is 4.02. The number of piperidine rings is 1. The first-order chi connectivity index (χ1) is 8.19. The zero-order chi connectivity index (χ0) is 12.3. The third kappa shape index (κ3) is 2.37. The van der Waals surface area contributed by atoms with Crippen molar-refractivity contribution in [2.24, 2.45) is 0 Å². The van der Waals surface area contributed by atoms with Crippen LogP contribution < -0.4 is 5.32 Å². The van der Waals surface area contributed by atoms with Crippen LogP contribution in [-0.4, -0.2) is 43.4 Å². The van der Waals surface area contributed by atoms with Gasteiger partial charge < -0.3 is 10.0 Å². The fraction of sp³-hybridized carbons (Fsp3) is 0.571. The molecule has 0 aliphatic carbocycles. The summed E-state index contributed by atoms with van der Waals surface area (Å²) >= 11 is 0. The zero-order valence-electron chi connectivity index (χ0n) is 10.7. The van der Waals surface area contributed by atoms with E-state index in [1.165, 1.54) is 5.56 Å². The van der Waals surface area contributed by atoms with Gasteiger partial charge in [0.25, 0.3) is 0 Å². The molecule has 1 aliphatic rings. The normalized spacial score (nSPS) is 22.3. The molecular formula is C14H22N2O. The molecule has 0 bridgehead atoms. The summed E-state index contributed by atoms with van der Waals surface area (Å²) in [7, 11) is 3.97. The number of hydrogen-bond acceptors (Lipinski definition) is 3. The molecular weight excluding hydrogens is 212 g/mol. The van der Waals surface area contributed by atoms with Crippen molar-refractivity contribution in [2.75, 3.05) is 27.2 Å². The topological polar surface area (TPSA) is 35.5 Å². The number of nitrogens with zero attached hydrogens (tertiary/aromatic N) is 1. The number of likely N-dealkylation sites (N-methyl/N-ethyl adjacent to an activating group) is 1. The second-order valence-corrected chi connectivity index (χ2v) is 5.02. The summed E-state index contributed by atoms with van der Waals surface area (Å²) in [5, 5.41) is 13.4. The molecule has 94 valence electrons. The molecule has 1 fully saturated rings. The van der Waals surface area contributed by atoms with E-state index in [0.717, 1.165) is 25.9 Å². The van der Waals surface area contributed by atoms with Gasteiger partial charge in [-0.15, -0.1) is 0 Å². The molecule has 1 aromatic carbocycles. The molecule has 0 aromatic heterocycles. The molecule has 1 aliphatic heterocycles. The van der Waals surface area contributed by atoms with Crippen LogP contribution in [0.1, 0.15) is 18.4 Å².